The zero-order valence-electron chi connectivity index (χ0n) is 12.6. The number of rotatable bonds is 6. The Labute approximate surface area is 127 Å². The minimum Gasteiger partial charge on any atom is -0.493 e. The molecule has 0 bridgehead atoms. The number of benzene rings is 1. The van der Waals surface area contributed by atoms with Crippen LogP contribution in [0.4, 0.5) is 0 Å². The topological polar surface area (TPSA) is 55.4 Å². The average Bonchev–Trinajstić information content (AvgIpc) is 2.48. The Kier molecular flexibility index (Phi) is 5.42. The Morgan fingerprint density at radius 2 is 1.95 bits per heavy atom. The molecule has 1 aliphatic rings. The van der Waals surface area contributed by atoms with E-state index in [0.29, 0.717) is 5.75 Å². The Bertz CT molecular complexity index is 588. The molecule has 1 aromatic carbocycles. The summed E-state index contributed by atoms with van der Waals surface area (Å²) < 4.78 is 28.9. The van der Waals surface area contributed by atoms with Crippen molar-refractivity contribution in [2.45, 2.75) is 25.5 Å². The lowest BCUT2D eigenvalue weighted by atomic mass is 10.0. The van der Waals surface area contributed by atoms with E-state index < -0.39 is 9.84 Å². The van der Waals surface area contributed by atoms with Crippen LogP contribution in [0.1, 0.15) is 25.8 Å². The van der Waals surface area contributed by atoms with Crippen molar-refractivity contribution >= 4 is 15.4 Å². The van der Waals surface area contributed by atoms with E-state index in [4.69, 9.17) is 4.74 Å². The normalized spacial score (nSPS) is 15.9. The number of nitrogens with one attached hydrogen (secondary N) is 1. The van der Waals surface area contributed by atoms with E-state index in [1.165, 1.54) is 11.1 Å². The van der Waals surface area contributed by atoms with Crippen LogP contribution in [0.2, 0.25) is 0 Å². The Morgan fingerprint density at radius 1 is 1.24 bits per heavy atom. The highest BCUT2D eigenvalue weighted by atomic mass is 32.2. The van der Waals surface area contributed by atoms with Crippen LogP contribution in [-0.4, -0.2) is 39.1 Å². The second-order valence-corrected chi connectivity index (χ2v) is 8.15. The summed E-state index contributed by atoms with van der Waals surface area (Å²) >= 11 is 0. The first-order chi connectivity index (χ1) is 9.99. The van der Waals surface area contributed by atoms with Crippen LogP contribution in [-0.2, 0) is 9.84 Å². The van der Waals surface area contributed by atoms with Gasteiger partial charge in [0.1, 0.15) is 12.4 Å². The summed E-state index contributed by atoms with van der Waals surface area (Å²) in [5.74, 6) is 0.774. The molecule has 1 N–H and O–H groups in total. The molecule has 5 heteroatoms. The highest BCUT2D eigenvalue weighted by molar-refractivity contribution is 7.91. The lowest BCUT2D eigenvalue weighted by molar-refractivity contribution is 0.340. The molecule has 21 heavy (non-hydrogen) atoms. The third kappa shape index (κ3) is 4.58. The molecule has 0 spiro atoms. The lowest BCUT2D eigenvalue weighted by Crippen LogP contribution is -2.22. The van der Waals surface area contributed by atoms with Gasteiger partial charge in [-0.3, -0.25) is 0 Å². The highest BCUT2D eigenvalue weighted by Crippen LogP contribution is 2.22. The molecule has 1 aromatic rings. The smallest absolute Gasteiger partial charge is 0.155 e. The molecule has 0 unspecified atom stereocenters. The van der Waals surface area contributed by atoms with Gasteiger partial charge >= 0.3 is 0 Å². The molecule has 0 amide bonds. The van der Waals surface area contributed by atoms with Gasteiger partial charge in [0.15, 0.2) is 9.84 Å². The fraction of sp³-hybridized carbons (Fsp3) is 0.500. The van der Waals surface area contributed by atoms with Gasteiger partial charge < -0.3 is 10.1 Å². The van der Waals surface area contributed by atoms with Gasteiger partial charge in [0, 0.05) is 6.54 Å². The molecule has 116 valence electrons. The van der Waals surface area contributed by atoms with Crippen molar-refractivity contribution in [1.82, 2.24) is 5.32 Å². The summed E-state index contributed by atoms with van der Waals surface area (Å²) in [7, 11) is -3.03. The fourth-order valence-corrected chi connectivity index (χ4v) is 2.95. The van der Waals surface area contributed by atoms with E-state index in [9.17, 15) is 8.42 Å². The summed E-state index contributed by atoms with van der Waals surface area (Å²) in [5.41, 5.74) is 2.56. The minimum absolute atomic E-state index is 0.0588. The van der Waals surface area contributed by atoms with Crippen molar-refractivity contribution in [2.24, 2.45) is 0 Å². The maximum absolute atomic E-state index is 11.7. The van der Waals surface area contributed by atoms with E-state index in [-0.39, 0.29) is 17.6 Å². The van der Waals surface area contributed by atoms with Crippen molar-refractivity contribution in [3.63, 3.8) is 0 Å². The first kappa shape index (κ1) is 16.0. The lowest BCUT2D eigenvalue weighted by Gasteiger charge is -2.15. The summed E-state index contributed by atoms with van der Waals surface area (Å²) in [4.78, 5) is 0. The third-order valence-electron chi connectivity index (χ3n) is 3.64. The van der Waals surface area contributed by atoms with Crippen LogP contribution in [0.25, 0.3) is 5.57 Å². The number of hydrogen-bond acceptors (Lipinski definition) is 4. The number of hydrogen-bond donors (Lipinski definition) is 1. The molecule has 0 saturated carbocycles. The summed E-state index contributed by atoms with van der Waals surface area (Å²) in [5, 5.41) is 2.94. The Morgan fingerprint density at radius 3 is 2.52 bits per heavy atom. The van der Waals surface area contributed by atoms with Gasteiger partial charge in [0.05, 0.1) is 11.0 Å². The van der Waals surface area contributed by atoms with Crippen molar-refractivity contribution < 1.29 is 13.2 Å². The fourth-order valence-electron chi connectivity index (χ4n) is 2.16. The number of sulfone groups is 1. The monoisotopic (exact) mass is 309 g/mol. The number of ether oxygens (including phenoxy) is 1. The molecule has 0 atom stereocenters. The van der Waals surface area contributed by atoms with Crippen LogP contribution in [0.3, 0.4) is 0 Å². The van der Waals surface area contributed by atoms with Crippen LogP contribution in [0, 0.1) is 0 Å². The molecule has 1 aliphatic heterocycles. The van der Waals surface area contributed by atoms with Crippen molar-refractivity contribution in [2.75, 3.05) is 25.4 Å². The van der Waals surface area contributed by atoms with Crippen LogP contribution in [0.15, 0.2) is 30.3 Å². The molecule has 0 radical (unpaired) electrons. The second kappa shape index (κ2) is 7.09. The molecule has 4 nitrogen and oxygen atoms in total. The van der Waals surface area contributed by atoms with E-state index in [1.54, 1.807) is 13.8 Å². The Hall–Kier alpha value is -1.33. The largest absolute Gasteiger partial charge is 0.493 e. The predicted octanol–water partition coefficient (Wildman–Crippen LogP) is 2.27. The second-order valence-electron chi connectivity index (χ2n) is 5.47. The van der Waals surface area contributed by atoms with Crippen molar-refractivity contribution in [3.05, 3.63) is 35.9 Å². The Balaban J connectivity index is 1.90. The van der Waals surface area contributed by atoms with Gasteiger partial charge in [-0.2, -0.15) is 0 Å². The van der Waals surface area contributed by atoms with E-state index in [1.807, 2.05) is 24.3 Å². The van der Waals surface area contributed by atoms with Crippen LogP contribution < -0.4 is 10.1 Å². The van der Waals surface area contributed by atoms with Gasteiger partial charge in [0.25, 0.3) is 0 Å². The first-order valence-corrected chi connectivity index (χ1v) is 9.05. The summed E-state index contributed by atoms with van der Waals surface area (Å²) in [6.45, 7) is 5.51. The van der Waals surface area contributed by atoms with Crippen LogP contribution >= 0.6 is 0 Å². The van der Waals surface area contributed by atoms with E-state index in [2.05, 4.69) is 11.4 Å². The quantitative estimate of drug-likeness (QED) is 0.876. The highest BCUT2D eigenvalue weighted by Gasteiger charge is 2.15. The van der Waals surface area contributed by atoms with Gasteiger partial charge in [0.2, 0.25) is 0 Å². The zero-order chi connectivity index (χ0) is 15.3. The maximum Gasteiger partial charge on any atom is 0.155 e. The van der Waals surface area contributed by atoms with E-state index in [0.717, 1.165) is 19.5 Å². The zero-order valence-corrected chi connectivity index (χ0v) is 13.4. The molecule has 2 rings (SSSR count). The van der Waals surface area contributed by atoms with Gasteiger partial charge in [-0.05, 0) is 50.1 Å². The van der Waals surface area contributed by atoms with Crippen LogP contribution in [0.5, 0.6) is 5.75 Å². The summed E-state index contributed by atoms with van der Waals surface area (Å²) in [6, 6.07) is 7.87. The van der Waals surface area contributed by atoms with Gasteiger partial charge in [-0.1, -0.05) is 18.2 Å². The summed E-state index contributed by atoms with van der Waals surface area (Å²) in [6.07, 6.45) is 3.24. The molecule has 0 aromatic heterocycles. The van der Waals surface area contributed by atoms with E-state index >= 15 is 0 Å². The molecule has 0 aliphatic carbocycles. The van der Waals surface area contributed by atoms with Crippen molar-refractivity contribution in [3.8, 4) is 5.75 Å². The SMILES string of the molecule is CC(C)S(=O)(=O)CCOc1ccc(C2=CCNCC2)cc1. The third-order valence-corrected chi connectivity index (χ3v) is 5.82. The minimum atomic E-state index is -3.03. The molecule has 0 saturated heterocycles. The predicted molar refractivity (Wildman–Crippen MR) is 86.3 cm³/mol. The van der Waals surface area contributed by atoms with Gasteiger partial charge in [-0.25, -0.2) is 8.42 Å². The molecular weight excluding hydrogens is 286 g/mol. The molecule has 1 heterocycles. The first-order valence-electron chi connectivity index (χ1n) is 7.33. The molecular formula is C16H23NO3S. The molecule has 0 fully saturated rings. The van der Waals surface area contributed by atoms with Gasteiger partial charge in [-0.15, -0.1) is 0 Å². The maximum atomic E-state index is 11.7. The van der Waals surface area contributed by atoms with Crippen molar-refractivity contribution in [1.29, 1.82) is 0 Å². The average molecular weight is 309 g/mol. The standard InChI is InChI=1S/C16H23NO3S/c1-13(2)21(18,19)12-11-20-16-5-3-14(4-6-16)15-7-9-17-10-8-15/h3-7,13,17H,8-12H2,1-2H3.